The number of para-hydroxylation sites is 2. The van der Waals surface area contributed by atoms with Gasteiger partial charge in [-0.3, -0.25) is 4.57 Å². The number of hydrogen-bond donors (Lipinski definition) is 0. The Labute approximate surface area is 108 Å². The van der Waals surface area contributed by atoms with Gasteiger partial charge in [0.2, 0.25) is 0 Å². The maximum absolute atomic E-state index is 4.57. The summed E-state index contributed by atoms with van der Waals surface area (Å²) in [6, 6.07) is 16.4. The Morgan fingerprint density at radius 2 is 1.88 bits per heavy atom. The molecule has 2 aromatic carbocycles. The van der Waals surface area contributed by atoms with Crippen LogP contribution < -0.4 is 0 Å². The highest BCUT2D eigenvalue weighted by atomic mass is 79.9. The van der Waals surface area contributed by atoms with Gasteiger partial charge in [0.15, 0.2) is 0 Å². The summed E-state index contributed by atoms with van der Waals surface area (Å²) in [7, 11) is 0. The van der Waals surface area contributed by atoms with E-state index in [9.17, 15) is 0 Å². The van der Waals surface area contributed by atoms with E-state index in [0.717, 1.165) is 27.0 Å². The molecule has 1 heterocycles. The number of imidazole rings is 1. The van der Waals surface area contributed by atoms with Crippen LogP contribution in [0.4, 0.5) is 0 Å². The van der Waals surface area contributed by atoms with Crippen molar-refractivity contribution in [3.63, 3.8) is 0 Å². The third-order valence-corrected chi connectivity index (χ3v) is 3.29. The zero-order valence-electron chi connectivity index (χ0n) is 9.39. The van der Waals surface area contributed by atoms with Crippen LogP contribution in [0.2, 0.25) is 0 Å². The molecule has 0 unspecified atom stereocenters. The van der Waals surface area contributed by atoms with Crippen molar-refractivity contribution in [3.8, 4) is 5.69 Å². The monoisotopic (exact) mass is 286 g/mol. The molecule has 0 bridgehead atoms. The van der Waals surface area contributed by atoms with Gasteiger partial charge in [0.1, 0.15) is 5.82 Å². The molecule has 0 aliphatic heterocycles. The highest BCUT2D eigenvalue weighted by Crippen LogP contribution is 2.23. The summed E-state index contributed by atoms with van der Waals surface area (Å²) in [5.41, 5.74) is 3.30. The first-order valence-corrected chi connectivity index (χ1v) is 6.25. The van der Waals surface area contributed by atoms with E-state index >= 15 is 0 Å². The fourth-order valence-electron chi connectivity index (χ4n) is 2.09. The molecule has 3 rings (SSSR count). The molecule has 0 amide bonds. The van der Waals surface area contributed by atoms with E-state index in [1.54, 1.807) is 0 Å². The number of fused-ring (bicyclic) bond motifs is 1. The molecule has 3 heteroatoms. The first kappa shape index (κ1) is 10.5. The van der Waals surface area contributed by atoms with Crippen LogP contribution in [-0.4, -0.2) is 9.55 Å². The summed E-state index contributed by atoms with van der Waals surface area (Å²) >= 11 is 3.50. The lowest BCUT2D eigenvalue weighted by molar-refractivity contribution is 1.000. The molecule has 84 valence electrons. The number of nitrogens with zero attached hydrogens (tertiary/aromatic N) is 2. The summed E-state index contributed by atoms with van der Waals surface area (Å²) in [5, 5.41) is 0. The Balaban J connectivity index is 2.33. The van der Waals surface area contributed by atoms with Crippen LogP contribution in [0.3, 0.4) is 0 Å². The van der Waals surface area contributed by atoms with Crippen molar-refractivity contribution in [1.82, 2.24) is 9.55 Å². The van der Waals surface area contributed by atoms with Gasteiger partial charge in [0.05, 0.1) is 11.0 Å². The average Bonchev–Trinajstić information content (AvgIpc) is 2.64. The SMILES string of the molecule is Cc1nc2ccccc2n1-c1cccc(Br)c1. The van der Waals surface area contributed by atoms with Crippen LogP contribution in [0.25, 0.3) is 16.7 Å². The second kappa shape index (κ2) is 4.00. The molecule has 0 atom stereocenters. The lowest BCUT2D eigenvalue weighted by atomic mass is 10.3. The van der Waals surface area contributed by atoms with Crippen LogP contribution in [0.5, 0.6) is 0 Å². The maximum atomic E-state index is 4.57. The van der Waals surface area contributed by atoms with Gasteiger partial charge in [-0.15, -0.1) is 0 Å². The minimum absolute atomic E-state index is 1.00. The van der Waals surface area contributed by atoms with Crippen LogP contribution >= 0.6 is 15.9 Å². The fourth-order valence-corrected chi connectivity index (χ4v) is 2.47. The smallest absolute Gasteiger partial charge is 0.111 e. The second-order valence-electron chi connectivity index (χ2n) is 3.96. The number of halogens is 1. The van der Waals surface area contributed by atoms with Crippen molar-refractivity contribution in [3.05, 3.63) is 58.8 Å². The Morgan fingerprint density at radius 1 is 1.06 bits per heavy atom. The molecule has 0 saturated carbocycles. The standard InChI is InChI=1S/C14H11BrN2/c1-10-16-13-7-2-3-8-14(13)17(10)12-6-4-5-11(15)9-12/h2-9H,1H3. The summed E-state index contributed by atoms with van der Waals surface area (Å²) in [6.07, 6.45) is 0. The van der Waals surface area contributed by atoms with Gasteiger partial charge in [-0.25, -0.2) is 4.98 Å². The highest BCUT2D eigenvalue weighted by molar-refractivity contribution is 9.10. The highest BCUT2D eigenvalue weighted by Gasteiger charge is 2.08. The largest absolute Gasteiger partial charge is 0.296 e. The molecule has 0 aliphatic carbocycles. The number of benzene rings is 2. The van der Waals surface area contributed by atoms with Gasteiger partial charge < -0.3 is 0 Å². The molecule has 17 heavy (non-hydrogen) atoms. The molecular weight excluding hydrogens is 276 g/mol. The quantitative estimate of drug-likeness (QED) is 0.659. The van der Waals surface area contributed by atoms with Gasteiger partial charge in [0.25, 0.3) is 0 Å². The Kier molecular flexibility index (Phi) is 2.48. The van der Waals surface area contributed by atoms with E-state index in [0.29, 0.717) is 0 Å². The van der Waals surface area contributed by atoms with Gasteiger partial charge in [0, 0.05) is 10.2 Å². The first-order chi connectivity index (χ1) is 8.25. The van der Waals surface area contributed by atoms with Gasteiger partial charge in [-0.1, -0.05) is 34.1 Å². The number of aromatic nitrogens is 2. The minimum atomic E-state index is 1.00. The van der Waals surface area contributed by atoms with Gasteiger partial charge >= 0.3 is 0 Å². The van der Waals surface area contributed by atoms with E-state index in [2.05, 4.69) is 43.7 Å². The van der Waals surface area contributed by atoms with Crippen molar-refractivity contribution >= 4 is 27.0 Å². The fraction of sp³-hybridized carbons (Fsp3) is 0.0714. The molecule has 0 saturated heterocycles. The van der Waals surface area contributed by atoms with Crippen molar-refractivity contribution in [2.45, 2.75) is 6.92 Å². The summed E-state index contributed by atoms with van der Waals surface area (Å²) in [4.78, 5) is 4.57. The lowest BCUT2D eigenvalue weighted by Crippen LogP contribution is -1.96. The molecule has 3 aromatic rings. The normalized spacial score (nSPS) is 10.9. The molecule has 2 nitrogen and oxygen atoms in total. The van der Waals surface area contributed by atoms with E-state index in [4.69, 9.17) is 0 Å². The maximum Gasteiger partial charge on any atom is 0.111 e. The topological polar surface area (TPSA) is 17.8 Å². The molecule has 0 N–H and O–H groups in total. The predicted octanol–water partition coefficient (Wildman–Crippen LogP) is 4.10. The van der Waals surface area contributed by atoms with E-state index in [1.807, 2.05) is 37.3 Å². The molecule has 0 radical (unpaired) electrons. The van der Waals surface area contributed by atoms with E-state index in [1.165, 1.54) is 0 Å². The number of hydrogen-bond acceptors (Lipinski definition) is 1. The Bertz CT molecular complexity index is 686. The van der Waals surface area contributed by atoms with Crippen LogP contribution in [0, 0.1) is 6.92 Å². The molecule has 1 aromatic heterocycles. The third kappa shape index (κ3) is 1.76. The summed E-state index contributed by atoms with van der Waals surface area (Å²) in [6.45, 7) is 2.03. The predicted molar refractivity (Wildman–Crippen MR) is 73.5 cm³/mol. The summed E-state index contributed by atoms with van der Waals surface area (Å²) in [5.74, 6) is 1.00. The molecule has 0 aliphatic rings. The van der Waals surface area contributed by atoms with Crippen molar-refractivity contribution in [2.75, 3.05) is 0 Å². The average molecular weight is 287 g/mol. The zero-order chi connectivity index (χ0) is 11.8. The number of rotatable bonds is 1. The number of aryl methyl sites for hydroxylation is 1. The third-order valence-electron chi connectivity index (χ3n) is 2.79. The van der Waals surface area contributed by atoms with Gasteiger partial charge in [-0.05, 0) is 37.3 Å². The minimum Gasteiger partial charge on any atom is -0.296 e. The lowest BCUT2D eigenvalue weighted by Gasteiger charge is -2.07. The van der Waals surface area contributed by atoms with Crippen LogP contribution in [0.1, 0.15) is 5.82 Å². The van der Waals surface area contributed by atoms with Gasteiger partial charge in [-0.2, -0.15) is 0 Å². The van der Waals surface area contributed by atoms with Crippen LogP contribution in [-0.2, 0) is 0 Å². The Morgan fingerprint density at radius 3 is 2.71 bits per heavy atom. The van der Waals surface area contributed by atoms with Crippen molar-refractivity contribution in [2.24, 2.45) is 0 Å². The van der Waals surface area contributed by atoms with E-state index < -0.39 is 0 Å². The summed E-state index contributed by atoms with van der Waals surface area (Å²) < 4.78 is 3.24. The molecule has 0 spiro atoms. The Hall–Kier alpha value is -1.61. The van der Waals surface area contributed by atoms with Crippen LogP contribution in [0.15, 0.2) is 53.0 Å². The molecular formula is C14H11BrN2. The van der Waals surface area contributed by atoms with E-state index in [-0.39, 0.29) is 0 Å². The molecule has 0 fully saturated rings. The first-order valence-electron chi connectivity index (χ1n) is 5.46. The van der Waals surface area contributed by atoms with Crippen molar-refractivity contribution < 1.29 is 0 Å². The van der Waals surface area contributed by atoms with Crippen molar-refractivity contribution in [1.29, 1.82) is 0 Å². The zero-order valence-corrected chi connectivity index (χ0v) is 11.0. The second-order valence-corrected chi connectivity index (χ2v) is 4.88.